The molecule has 0 N–H and O–H groups in total. The number of hydrogen-bond donors (Lipinski definition) is 0. The van der Waals surface area contributed by atoms with Gasteiger partial charge in [-0.1, -0.05) is 37.5 Å². The smallest absolute Gasteiger partial charge is 0.134 e. The molecule has 7 heteroatoms. The number of piperidine rings is 2. The molecule has 0 saturated carbocycles. The van der Waals surface area contributed by atoms with Crippen molar-refractivity contribution >= 4 is 11.6 Å². The van der Waals surface area contributed by atoms with E-state index in [0.717, 1.165) is 42.3 Å². The Kier molecular flexibility index (Phi) is 6.03. The molecule has 30 heavy (non-hydrogen) atoms. The molecule has 0 aromatic carbocycles. The van der Waals surface area contributed by atoms with Crippen LogP contribution in [0.25, 0.3) is 11.4 Å². The van der Waals surface area contributed by atoms with Gasteiger partial charge < -0.3 is 9.42 Å². The Labute approximate surface area is 185 Å². The zero-order valence-corrected chi connectivity index (χ0v) is 19.9. The summed E-state index contributed by atoms with van der Waals surface area (Å²) >= 11 is 6.61. The Balaban J connectivity index is 1.37. The first-order valence-electron chi connectivity index (χ1n) is 11.2. The molecule has 4 rings (SSSR count). The number of aromatic nitrogens is 3. The lowest BCUT2D eigenvalue weighted by atomic mass is 9.71. The van der Waals surface area contributed by atoms with Crippen LogP contribution in [0, 0.1) is 17.8 Å². The van der Waals surface area contributed by atoms with Crippen molar-refractivity contribution in [3.63, 3.8) is 0 Å². The maximum absolute atomic E-state index is 6.61. The predicted octanol–water partition coefficient (Wildman–Crippen LogP) is 4.76. The minimum absolute atomic E-state index is 0.386. The number of halogens is 1. The van der Waals surface area contributed by atoms with Crippen molar-refractivity contribution in [2.45, 2.75) is 59.9 Å². The van der Waals surface area contributed by atoms with E-state index >= 15 is 0 Å². The van der Waals surface area contributed by atoms with Gasteiger partial charge in [0.1, 0.15) is 22.3 Å². The van der Waals surface area contributed by atoms with Crippen molar-refractivity contribution in [2.75, 3.05) is 32.7 Å². The van der Waals surface area contributed by atoms with E-state index in [9.17, 15) is 0 Å². The Bertz CT molecular complexity index is 863. The first-order chi connectivity index (χ1) is 14.1. The van der Waals surface area contributed by atoms with Crippen LogP contribution in [0.5, 0.6) is 0 Å². The number of likely N-dealkylation sites (tertiary alicyclic amines) is 2. The molecule has 2 aromatic heterocycles. The molecular weight excluding hydrogens is 398 g/mol. The summed E-state index contributed by atoms with van der Waals surface area (Å²) in [5.41, 5.74) is 3.59. The van der Waals surface area contributed by atoms with Crippen molar-refractivity contribution in [3.05, 3.63) is 22.5 Å². The van der Waals surface area contributed by atoms with E-state index in [-0.39, 0.29) is 0 Å². The standard InChI is InChI=1S/C23H36ClN5O/c1-17-14-19(26-30-17)20-18(21(24)27(5)25-20)15-28-10-6-23(7-11-28)8-12-29(13-9-23)16-22(2,3)4/h14H,6-13,15-16H2,1-5H3. The number of rotatable bonds is 4. The van der Waals surface area contributed by atoms with Crippen LogP contribution in [0.1, 0.15) is 57.8 Å². The Hall–Kier alpha value is -1.37. The molecule has 2 aliphatic rings. The van der Waals surface area contributed by atoms with Crippen LogP contribution < -0.4 is 0 Å². The second-order valence-corrected chi connectivity index (χ2v) is 11.0. The van der Waals surface area contributed by atoms with Crippen molar-refractivity contribution in [2.24, 2.45) is 17.9 Å². The van der Waals surface area contributed by atoms with Gasteiger partial charge in [0.2, 0.25) is 0 Å². The van der Waals surface area contributed by atoms with Gasteiger partial charge in [-0.2, -0.15) is 5.10 Å². The fourth-order valence-electron chi connectivity index (χ4n) is 5.14. The summed E-state index contributed by atoms with van der Waals surface area (Å²) in [6, 6.07) is 1.93. The van der Waals surface area contributed by atoms with E-state index in [1.807, 2.05) is 20.0 Å². The summed E-state index contributed by atoms with van der Waals surface area (Å²) in [6.45, 7) is 15.7. The van der Waals surface area contributed by atoms with Crippen LogP contribution in [0.15, 0.2) is 10.6 Å². The summed E-state index contributed by atoms with van der Waals surface area (Å²) in [5, 5.41) is 9.47. The average Bonchev–Trinajstić information content (AvgIpc) is 3.23. The van der Waals surface area contributed by atoms with Gasteiger partial charge in [0.15, 0.2) is 0 Å². The molecule has 166 valence electrons. The lowest BCUT2D eigenvalue weighted by Crippen LogP contribution is -2.48. The third-order valence-electron chi connectivity index (χ3n) is 6.85. The summed E-state index contributed by atoms with van der Waals surface area (Å²) in [5.74, 6) is 0.787. The Morgan fingerprint density at radius 1 is 1.07 bits per heavy atom. The molecule has 0 aliphatic carbocycles. The number of hydrogen-bond acceptors (Lipinski definition) is 5. The molecule has 0 bridgehead atoms. The van der Waals surface area contributed by atoms with Gasteiger partial charge in [-0.25, -0.2) is 0 Å². The zero-order chi connectivity index (χ0) is 21.5. The van der Waals surface area contributed by atoms with Crippen LogP contribution in [0.2, 0.25) is 5.15 Å². The van der Waals surface area contributed by atoms with Crippen LogP contribution in [-0.4, -0.2) is 57.5 Å². The molecular formula is C23H36ClN5O. The fraction of sp³-hybridized carbons (Fsp3) is 0.739. The highest BCUT2D eigenvalue weighted by Crippen LogP contribution is 2.42. The van der Waals surface area contributed by atoms with Gasteiger partial charge in [-0.05, 0) is 69.6 Å². The molecule has 4 heterocycles. The van der Waals surface area contributed by atoms with Gasteiger partial charge in [-0.15, -0.1) is 0 Å². The summed E-state index contributed by atoms with van der Waals surface area (Å²) < 4.78 is 7.01. The quantitative estimate of drug-likeness (QED) is 0.695. The summed E-state index contributed by atoms with van der Waals surface area (Å²) in [6.07, 6.45) is 5.25. The second-order valence-electron chi connectivity index (χ2n) is 10.7. The van der Waals surface area contributed by atoms with Crippen molar-refractivity contribution < 1.29 is 4.52 Å². The molecule has 6 nitrogen and oxygen atoms in total. The third-order valence-corrected chi connectivity index (χ3v) is 7.33. The zero-order valence-electron chi connectivity index (χ0n) is 19.2. The molecule has 2 aliphatic heterocycles. The van der Waals surface area contributed by atoms with E-state index < -0.39 is 0 Å². The molecule has 0 amide bonds. The average molecular weight is 434 g/mol. The van der Waals surface area contributed by atoms with Gasteiger partial charge in [0, 0.05) is 31.8 Å². The van der Waals surface area contributed by atoms with E-state index in [1.54, 1.807) is 4.68 Å². The monoisotopic (exact) mass is 433 g/mol. The van der Waals surface area contributed by atoms with Crippen LogP contribution in [0.3, 0.4) is 0 Å². The first-order valence-corrected chi connectivity index (χ1v) is 11.6. The Morgan fingerprint density at radius 3 is 2.20 bits per heavy atom. The highest BCUT2D eigenvalue weighted by Gasteiger charge is 2.38. The Morgan fingerprint density at radius 2 is 1.67 bits per heavy atom. The van der Waals surface area contributed by atoms with E-state index in [0.29, 0.717) is 16.0 Å². The molecule has 2 aromatic rings. The minimum Gasteiger partial charge on any atom is -0.361 e. The first kappa shape index (κ1) is 21.8. The highest BCUT2D eigenvalue weighted by molar-refractivity contribution is 6.30. The molecule has 1 spiro atoms. The summed E-state index contributed by atoms with van der Waals surface area (Å²) in [7, 11) is 1.89. The predicted molar refractivity (Wildman–Crippen MR) is 121 cm³/mol. The maximum atomic E-state index is 6.61. The lowest BCUT2D eigenvalue weighted by molar-refractivity contribution is 0.0228. The van der Waals surface area contributed by atoms with E-state index in [4.69, 9.17) is 16.1 Å². The van der Waals surface area contributed by atoms with Gasteiger partial charge in [0.25, 0.3) is 0 Å². The minimum atomic E-state index is 0.386. The van der Waals surface area contributed by atoms with Crippen LogP contribution in [-0.2, 0) is 13.6 Å². The largest absolute Gasteiger partial charge is 0.361 e. The molecule has 2 fully saturated rings. The van der Waals surface area contributed by atoms with Gasteiger partial charge in [-0.3, -0.25) is 9.58 Å². The van der Waals surface area contributed by atoms with Crippen molar-refractivity contribution in [1.82, 2.24) is 24.7 Å². The third kappa shape index (κ3) is 4.76. The molecule has 2 saturated heterocycles. The normalized spacial score (nSPS) is 20.9. The van der Waals surface area contributed by atoms with Gasteiger partial charge >= 0.3 is 0 Å². The van der Waals surface area contributed by atoms with Gasteiger partial charge in [0.05, 0.1) is 0 Å². The van der Waals surface area contributed by atoms with E-state index in [1.165, 1.54) is 45.3 Å². The van der Waals surface area contributed by atoms with Crippen molar-refractivity contribution in [1.29, 1.82) is 0 Å². The molecule has 0 radical (unpaired) electrons. The SMILES string of the molecule is Cc1cc(-c2nn(C)c(Cl)c2CN2CCC3(CC2)CCN(CC(C)(C)C)CC3)no1. The number of nitrogens with zero attached hydrogens (tertiary/aromatic N) is 5. The van der Waals surface area contributed by atoms with Crippen LogP contribution in [0.4, 0.5) is 0 Å². The fourth-order valence-corrected chi connectivity index (χ4v) is 5.32. The van der Waals surface area contributed by atoms with Crippen molar-refractivity contribution in [3.8, 4) is 11.4 Å². The van der Waals surface area contributed by atoms with E-state index in [2.05, 4.69) is 40.8 Å². The van der Waals surface area contributed by atoms with Crippen LogP contribution >= 0.6 is 11.6 Å². The highest BCUT2D eigenvalue weighted by atomic mass is 35.5. The topological polar surface area (TPSA) is 50.3 Å². The second kappa shape index (κ2) is 8.29. The lowest BCUT2D eigenvalue weighted by Gasteiger charge is -2.47. The molecule has 0 unspecified atom stereocenters. The maximum Gasteiger partial charge on any atom is 0.134 e. The molecule has 0 atom stereocenters. The number of aryl methyl sites for hydroxylation is 2. The summed E-state index contributed by atoms with van der Waals surface area (Å²) in [4.78, 5) is 5.20.